The van der Waals surface area contributed by atoms with E-state index in [0.717, 1.165) is 5.69 Å². The normalized spacial score (nSPS) is 10.5. The molecule has 1 amide bonds. The van der Waals surface area contributed by atoms with Gasteiger partial charge in [-0.25, -0.2) is 0 Å². The minimum Gasteiger partial charge on any atom is -0.480 e. The van der Waals surface area contributed by atoms with Gasteiger partial charge in [0.1, 0.15) is 5.41 Å². The molecule has 0 saturated carbocycles. The van der Waals surface area contributed by atoms with E-state index in [2.05, 4.69) is 15.3 Å². The van der Waals surface area contributed by atoms with Gasteiger partial charge in [0.25, 0.3) is 0 Å². The Balaban J connectivity index is 0.00000256. The number of carbonyl (C=O) groups is 2. The van der Waals surface area contributed by atoms with Crippen LogP contribution < -0.4 is 10.3 Å². The van der Waals surface area contributed by atoms with Gasteiger partial charge in [-0.05, 0) is 20.3 Å². The van der Waals surface area contributed by atoms with E-state index in [1.165, 1.54) is 20.2 Å². The molecule has 6 nitrogen and oxygen atoms in total. The van der Waals surface area contributed by atoms with Crippen molar-refractivity contribution in [2.75, 3.05) is 6.54 Å². The van der Waals surface area contributed by atoms with Crippen molar-refractivity contribution in [2.45, 2.75) is 20.3 Å². The number of aromatic nitrogens is 2. The van der Waals surface area contributed by atoms with Crippen molar-refractivity contribution < 1.29 is 37.1 Å². The molecule has 2 N–H and O–H groups in total. The van der Waals surface area contributed by atoms with Crippen molar-refractivity contribution >= 4 is 11.9 Å². The smallest absolute Gasteiger partial charge is 0.318 e. The number of carboxylic acid groups (broad SMARTS) is 1. The SMILES string of the molecule is CC(C)(C(=O)O)C(=O)NCCc1cnc[n-]1.[Ta]. The molecule has 0 atom stereocenters. The van der Waals surface area contributed by atoms with E-state index >= 15 is 0 Å². The average Bonchev–Trinajstić information content (AvgIpc) is 2.70. The number of carbonyl (C=O) groups excluding carboxylic acids is 1. The summed E-state index contributed by atoms with van der Waals surface area (Å²) in [6.07, 6.45) is 3.58. The van der Waals surface area contributed by atoms with Crippen molar-refractivity contribution in [2.24, 2.45) is 5.41 Å². The van der Waals surface area contributed by atoms with Crippen molar-refractivity contribution in [1.82, 2.24) is 15.3 Å². The summed E-state index contributed by atoms with van der Waals surface area (Å²) in [6.45, 7) is 3.09. The van der Waals surface area contributed by atoms with E-state index < -0.39 is 17.3 Å². The number of carboxylic acids is 1. The molecule has 0 bridgehead atoms. The maximum Gasteiger partial charge on any atom is 0.318 e. The number of nitrogens with one attached hydrogen (secondary N) is 1. The van der Waals surface area contributed by atoms with Crippen molar-refractivity contribution in [1.29, 1.82) is 0 Å². The van der Waals surface area contributed by atoms with Crippen LogP contribution in [0, 0.1) is 5.41 Å². The number of amides is 1. The molecule has 1 radical (unpaired) electrons. The van der Waals surface area contributed by atoms with Crippen LogP contribution in [-0.2, 0) is 38.4 Å². The Morgan fingerprint density at radius 2 is 2.18 bits per heavy atom. The van der Waals surface area contributed by atoms with Crippen molar-refractivity contribution in [3.63, 3.8) is 0 Å². The van der Waals surface area contributed by atoms with Gasteiger partial charge in [-0.2, -0.15) is 0 Å². The summed E-state index contributed by atoms with van der Waals surface area (Å²) in [4.78, 5) is 30.0. The third-order valence-electron chi connectivity index (χ3n) is 2.28. The van der Waals surface area contributed by atoms with Crippen LogP contribution in [0.4, 0.5) is 0 Å². The van der Waals surface area contributed by atoms with Crippen LogP contribution in [0.1, 0.15) is 19.5 Å². The number of hydrogen-bond acceptors (Lipinski definition) is 3. The molecule has 1 heterocycles. The minimum absolute atomic E-state index is 0. The molecule has 7 heteroatoms. The minimum atomic E-state index is -1.41. The van der Waals surface area contributed by atoms with Crippen LogP contribution >= 0.6 is 0 Å². The Morgan fingerprint density at radius 1 is 1.53 bits per heavy atom. The topological polar surface area (TPSA) is 93.4 Å². The molecular formula is C10H14N3O3Ta-. The molecule has 0 spiro atoms. The fourth-order valence-corrected chi connectivity index (χ4v) is 1.01. The summed E-state index contributed by atoms with van der Waals surface area (Å²) in [7, 11) is 0. The molecule has 1 aromatic heterocycles. The predicted octanol–water partition coefficient (Wildman–Crippen LogP) is -0.194. The zero-order valence-electron chi connectivity index (χ0n) is 9.67. The Morgan fingerprint density at radius 3 is 2.65 bits per heavy atom. The first kappa shape index (κ1) is 15.9. The van der Waals surface area contributed by atoms with Gasteiger partial charge in [0.2, 0.25) is 5.91 Å². The molecule has 0 saturated heterocycles. The van der Waals surface area contributed by atoms with E-state index in [1.807, 2.05) is 0 Å². The van der Waals surface area contributed by atoms with Gasteiger partial charge < -0.3 is 20.4 Å². The maximum atomic E-state index is 11.5. The molecule has 93 valence electrons. The molecule has 0 aliphatic rings. The van der Waals surface area contributed by atoms with Crippen LogP contribution in [0.15, 0.2) is 12.5 Å². The predicted molar refractivity (Wildman–Crippen MR) is 55.7 cm³/mol. The quantitative estimate of drug-likeness (QED) is 0.663. The largest absolute Gasteiger partial charge is 0.480 e. The van der Waals surface area contributed by atoms with Gasteiger partial charge in [-0.3, -0.25) is 9.59 Å². The number of nitrogens with zero attached hydrogens (tertiary/aromatic N) is 2. The standard InChI is InChI=1S/C10H15N3O3.Ta/c1-10(2,9(15)16)8(14)12-4-3-7-5-11-6-13-7;/h5-6H,3-4H2,1-2H3,(H3,11,12,13,14,15,16);/p-1. The molecular weight excluding hydrogens is 391 g/mol. The summed E-state index contributed by atoms with van der Waals surface area (Å²) < 4.78 is 0. The third-order valence-corrected chi connectivity index (χ3v) is 2.28. The second-order valence-electron chi connectivity index (χ2n) is 3.95. The molecule has 17 heavy (non-hydrogen) atoms. The number of rotatable bonds is 5. The van der Waals surface area contributed by atoms with Crippen LogP contribution in [0.2, 0.25) is 0 Å². The second-order valence-corrected chi connectivity index (χ2v) is 3.95. The van der Waals surface area contributed by atoms with E-state index in [1.54, 1.807) is 6.20 Å². The third kappa shape index (κ3) is 4.33. The zero-order chi connectivity index (χ0) is 12.2. The first-order valence-electron chi connectivity index (χ1n) is 4.88. The monoisotopic (exact) mass is 405 g/mol. The first-order valence-corrected chi connectivity index (χ1v) is 4.88. The van der Waals surface area contributed by atoms with E-state index in [-0.39, 0.29) is 22.4 Å². The van der Waals surface area contributed by atoms with Gasteiger partial charge in [0.05, 0.1) is 0 Å². The Labute approximate surface area is 115 Å². The molecule has 0 unspecified atom stereocenters. The van der Waals surface area contributed by atoms with Crippen molar-refractivity contribution in [3.8, 4) is 0 Å². The molecule has 1 rings (SSSR count). The average molecular weight is 405 g/mol. The van der Waals surface area contributed by atoms with Crippen LogP contribution in [0.3, 0.4) is 0 Å². The van der Waals surface area contributed by atoms with Crippen LogP contribution in [0.25, 0.3) is 0 Å². The van der Waals surface area contributed by atoms with Gasteiger partial charge in [-0.1, -0.05) is 18.2 Å². The number of aliphatic carboxylic acids is 1. The molecule has 0 aromatic carbocycles. The molecule has 0 aliphatic heterocycles. The Kier molecular flexibility index (Phi) is 6.15. The van der Waals surface area contributed by atoms with E-state index in [4.69, 9.17) is 5.11 Å². The fraction of sp³-hybridized carbons (Fsp3) is 0.500. The van der Waals surface area contributed by atoms with Gasteiger partial charge >= 0.3 is 5.97 Å². The Hall–Kier alpha value is -1.11. The first-order chi connectivity index (χ1) is 7.44. The summed E-state index contributed by atoms with van der Waals surface area (Å²) in [5.74, 6) is -1.64. The number of imidazole rings is 1. The Bertz CT molecular complexity index is 376. The van der Waals surface area contributed by atoms with E-state index in [0.29, 0.717) is 13.0 Å². The van der Waals surface area contributed by atoms with Gasteiger partial charge in [-0.15, -0.1) is 0 Å². The van der Waals surface area contributed by atoms with Crippen LogP contribution in [-0.4, -0.2) is 28.5 Å². The molecule has 0 fully saturated rings. The van der Waals surface area contributed by atoms with E-state index in [9.17, 15) is 9.59 Å². The summed E-state index contributed by atoms with van der Waals surface area (Å²) >= 11 is 0. The maximum absolute atomic E-state index is 11.5. The van der Waals surface area contributed by atoms with Gasteiger partial charge in [0, 0.05) is 28.9 Å². The molecule has 1 aromatic rings. The summed E-state index contributed by atoms with van der Waals surface area (Å²) in [5, 5.41) is 11.4. The van der Waals surface area contributed by atoms with Gasteiger partial charge in [0.15, 0.2) is 0 Å². The fourth-order valence-electron chi connectivity index (χ4n) is 1.01. The van der Waals surface area contributed by atoms with Crippen LogP contribution in [0.5, 0.6) is 0 Å². The molecule has 0 aliphatic carbocycles. The number of hydrogen-bond donors (Lipinski definition) is 2. The van der Waals surface area contributed by atoms with Crippen molar-refractivity contribution in [3.05, 3.63) is 18.2 Å². The second kappa shape index (κ2) is 6.58. The summed E-state index contributed by atoms with van der Waals surface area (Å²) in [5.41, 5.74) is -0.633. The zero-order valence-corrected chi connectivity index (χ0v) is 12.9. The summed E-state index contributed by atoms with van der Waals surface area (Å²) in [6, 6.07) is 0.